The van der Waals surface area contributed by atoms with E-state index in [2.05, 4.69) is 30.8 Å². The van der Waals surface area contributed by atoms with E-state index in [0.717, 1.165) is 6.04 Å². The average molecular weight is 140 g/mol. The maximum absolute atomic E-state index is 2.46. The van der Waals surface area contributed by atoms with E-state index >= 15 is 0 Å². The first-order valence-electron chi connectivity index (χ1n) is 4.01. The molecule has 2 nitrogen and oxygen atoms in total. The Bertz CT molecular complexity index is 157. The highest BCUT2D eigenvalue weighted by atomic mass is 15.3. The van der Waals surface area contributed by atoms with Gasteiger partial charge in [-0.3, -0.25) is 0 Å². The van der Waals surface area contributed by atoms with E-state index in [-0.39, 0.29) is 0 Å². The molecule has 0 spiro atoms. The molecule has 58 valence electrons. The molecule has 0 saturated carbocycles. The predicted molar refractivity (Wildman–Crippen MR) is 42.0 cm³/mol. The quantitative estimate of drug-likeness (QED) is 0.476. The fourth-order valence-electron chi connectivity index (χ4n) is 2.70. The van der Waals surface area contributed by atoms with Crippen molar-refractivity contribution in [1.29, 1.82) is 0 Å². The summed E-state index contributed by atoms with van der Waals surface area (Å²) in [6.07, 6.45) is 0. The zero-order chi connectivity index (χ0) is 7.35. The maximum atomic E-state index is 2.46. The minimum absolute atomic E-state index is 0.628. The van der Waals surface area contributed by atoms with E-state index in [1.54, 1.807) is 0 Å². The second-order valence-corrected chi connectivity index (χ2v) is 4.28. The number of likely N-dealkylation sites (N-methyl/N-ethyl adjacent to an activating group) is 2. The third-order valence-electron chi connectivity index (χ3n) is 3.06. The lowest BCUT2D eigenvalue weighted by Gasteiger charge is -2.49. The van der Waals surface area contributed by atoms with Crippen molar-refractivity contribution < 1.29 is 0 Å². The first-order valence-corrected chi connectivity index (χ1v) is 4.01. The van der Waals surface area contributed by atoms with Crippen LogP contribution in [-0.2, 0) is 0 Å². The molecular weight excluding hydrogens is 124 g/mol. The standard InChI is InChI=1S/C8H16N2/c1-8-5-9(2)4-7(8)10(3)6-8/h7H,4-6H2,1-3H3. The van der Waals surface area contributed by atoms with Gasteiger partial charge in [-0.15, -0.1) is 0 Å². The molecule has 2 unspecified atom stereocenters. The lowest BCUT2D eigenvalue weighted by Crippen LogP contribution is -2.60. The molecule has 2 saturated heterocycles. The Morgan fingerprint density at radius 2 is 2.00 bits per heavy atom. The van der Waals surface area contributed by atoms with Crippen LogP contribution in [0.25, 0.3) is 0 Å². The van der Waals surface area contributed by atoms with Gasteiger partial charge in [-0.1, -0.05) is 6.92 Å². The zero-order valence-corrected chi connectivity index (χ0v) is 7.09. The third-order valence-corrected chi connectivity index (χ3v) is 3.06. The van der Waals surface area contributed by atoms with Gasteiger partial charge in [-0.2, -0.15) is 0 Å². The summed E-state index contributed by atoms with van der Waals surface area (Å²) < 4.78 is 0. The van der Waals surface area contributed by atoms with Crippen LogP contribution in [-0.4, -0.2) is 49.6 Å². The van der Waals surface area contributed by atoms with E-state index in [1.165, 1.54) is 19.6 Å². The Hall–Kier alpha value is -0.0800. The Balaban J connectivity index is 2.12. The third kappa shape index (κ3) is 0.663. The summed E-state index contributed by atoms with van der Waals surface area (Å²) in [7, 11) is 4.45. The number of nitrogens with zero attached hydrogens (tertiary/aromatic N) is 2. The minimum Gasteiger partial charge on any atom is -0.304 e. The zero-order valence-electron chi connectivity index (χ0n) is 7.09. The Kier molecular flexibility index (Phi) is 1.15. The maximum Gasteiger partial charge on any atom is 0.0298 e. The second kappa shape index (κ2) is 1.74. The van der Waals surface area contributed by atoms with Crippen LogP contribution in [0.1, 0.15) is 6.92 Å². The number of likely N-dealkylation sites (tertiary alicyclic amines) is 2. The van der Waals surface area contributed by atoms with Gasteiger partial charge in [0, 0.05) is 31.1 Å². The molecule has 2 rings (SSSR count). The molecule has 2 aliphatic rings. The first kappa shape index (κ1) is 6.62. The molecule has 2 fully saturated rings. The summed E-state index contributed by atoms with van der Waals surface area (Å²) in [4.78, 5) is 4.90. The monoisotopic (exact) mass is 140 g/mol. The number of fused-ring (bicyclic) bond motifs is 1. The Morgan fingerprint density at radius 3 is 2.40 bits per heavy atom. The minimum atomic E-state index is 0.628. The lowest BCUT2D eigenvalue weighted by atomic mass is 9.76. The van der Waals surface area contributed by atoms with Gasteiger partial charge in [0.1, 0.15) is 0 Å². The van der Waals surface area contributed by atoms with Crippen LogP contribution in [0.15, 0.2) is 0 Å². The topological polar surface area (TPSA) is 6.48 Å². The number of hydrogen-bond acceptors (Lipinski definition) is 2. The molecule has 2 heteroatoms. The molecule has 10 heavy (non-hydrogen) atoms. The summed E-state index contributed by atoms with van der Waals surface area (Å²) >= 11 is 0. The highest BCUT2D eigenvalue weighted by Gasteiger charge is 2.51. The number of hydrogen-bond donors (Lipinski definition) is 0. The highest BCUT2D eigenvalue weighted by Crippen LogP contribution is 2.41. The molecule has 2 atom stereocenters. The largest absolute Gasteiger partial charge is 0.304 e. The van der Waals surface area contributed by atoms with Gasteiger partial charge in [-0.25, -0.2) is 0 Å². The fraction of sp³-hybridized carbons (Fsp3) is 1.00. The van der Waals surface area contributed by atoms with Gasteiger partial charge >= 0.3 is 0 Å². The van der Waals surface area contributed by atoms with Gasteiger partial charge in [0.15, 0.2) is 0 Å². The van der Waals surface area contributed by atoms with Crippen LogP contribution in [0, 0.1) is 5.41 Å². The van der Waals surface area contributed by atoms with E-state index in [9.17, 15) is 0 Å². The Labute approximate surface area is 62.8 Å². The van der Waals surface area contributed by atoms with Crippen LogP contribution in [0.3, 0.4) is 0 Å². The van der Waals surface area contributed by atoms with Crippen molar-refractivity contribution in [2.45, 2.75) is 13.0 Å². The van der Waals surface area contributed by atoms with Crippen LogP contribution >= 0.6 is 0 Å². The van der Waals surface area contributed by atoms with Gasteiger partial charge < -0.3 is 9.80 Å². The van der Waals surface area contributed by atoms with Gasteiger partial charge in [-0.05, 0) is 14.1 Å². The molecular formula is C8H16N2. The first-order chi connectivity index (χ1) is 4.62. The van der Waals surface area contributed by atoms with Crippen LogP contribution < -0.4 is 0 Å². The van der Waals surface area contributed by atoms with E-state index in [1.807, 2.05) is 0 Å². The normalized spacial score (nSPS) is 48.9. The van der Waals surface area contributed by atoms with Crippen molar-refractivity contribution in [1.82, 2.24) is 9.80 Å². The van der Waals surface area contributed by atoms with Crippen molar-refractivity contribution in [3.63, 3.8) is 0 Å². The molecule has 0 N–H and O–H groups in total. The van der Waals surface area contributed by atoms with E-state index in [4.69, 9.17) is 0 Å². The molecule has 0 bridgehead atoms. The molecule has 0 aromatic carbocycles. The highest BCUT2D eigenvalue weighted by molar-refractivity contribution is 5.07. The summed E-state index contributed by atoms with van der Waals surface area (Å²) in [5, 5.41) is 0. The average Bonchev–Trinajstić information content (AvgIpc) is 2.03. The van der Waals surface area contributed by atoms with Crippen molar-refractivity contribution in [2.75, 3.05) is 33.7 Å². The van der Waals surface area contributed by atoms with Gasteiger partial charge in [0.2, 0.25) is 0 Å². The summed E-state index contributed by atoms with van der Waals surface area (Å²) in [5.41, 5.74) is 0.628. The van der Waals surface area contributed by atoms with Crippen molar-refractivity contribution >= 4 is 0 Å². The predicted octanol–water partition coefficient (Wildman–Crippen LogP) is 0.252. The Morgan fingerprint density at radius 1 is 1.30 bits per heavy atom. The summed E-state index contributed by atoms with van der Waals surface area (Å²) in [6, 6.07) is 0.845. The molecule has 2 aliphatic heterocycles. The van der Waals surface area contributed by atoms with E-state index < -0.39 is 0 Å². The molecule has 0 aromatic heterocycles. The van der Waals surface area contributed by atoms with Crippen LogP contribution in [0.5, 0.6) is 0 Å². The van der Waals surface area contributed by atoms with Crippen LogP contribution in [0.4, 0.5) is 0 Å². The molecule has 0 aromatic rings. The number of rotatable bonds is 0. The molecule has 0 amide bonds. The fourth-order valence-corrected chi connectivity index (χ4v) is 2.70. The van der Waals surface area contributed by atoms with Crippen LogP contribution in [0.2, 0.25) is 0 Å². The van der Waals surface area contributed by atoms with Crippen molar-refractivity contribution in [3.05, 3.63) is 0 Å². The second-order valence-electron chi connectivity index (χ2n) is 4.28. The summed E-state index contributed by atoms with van der Waals surface area (Å²) in [5.74, 6) is 0. The molecule has 0 aliphatic carbocycles. The van der Waals surface area contributed by atoms with Gasteiger partial charge in [0.05, 0.1) is 0 Å². The van der Waals surface area contributed by atoms with Crippen molar-refractivity contribution in [3.8, 4) is 0 Å². The summed E-state index contributed by atoms with van der Waals surface area (Å²) in [6.45, 7) is 6.26. The van der Waals surface area contributed by atoms with Crippen molar-refractivity contribution in [2.24, 2.45) is 5.41 Å². The smallest absolute Gasteiger partial charge is 0.0298 e. The van der Waals surface area contributed by atoms with Gasteiger partial charge in [0.25, 0.3) is 0 Å². The van der Waals surface area contributed by atoms with E-state index in [0.29, 0.717) is 5.41 Å². The lowest BCUT2D eigenvalue weighted by molar-refractivity contribution is -0.00128. The SMILES string of the molecule is CN1CC2N(C)CC2(C)C1. The molecule has 0 radical (unpaired) electrons. The molecule has 2 heterocycles.